The average Bonchev–Trinajstić information content (AvgIpc) is 2.88. The first-order chi connectivity index (χ1) is 8.14. The minimum absolute atomic E-state index is 0.120. The molecule has 2 heterocycles. The first-order valence-corrected chi connectivity index (χ1v) is 5.85. The van der Waals surface area contributed by atoms with Crippen LogP contribution < -0.4 is 5.73 Å². The van der Waals surface area contributed by atoms with E-state index < -0.39 is 5.60 Å². The summed E-state index contributed by atoms with van der Waals surface area (Å²) in [5.41, 5.74) is 5.43. The Bertz CT molecular complexity index is 361. The standard InChI is InChI=1S/C11H19N3O3/c1-11(4-3-5-16-11)10-13-9(17-14-10)6-8(12)7-15-2/h8H,3-7,12H2,1-2H3. The van der Waals surface area contributed by atoms with E-state index in [9.17, 15) is 0 Å². The van der Waals surface area contributed by atoms with Crippen molar-refractivity contribution in [1.29, 1.82) is 0 Å². The summed E-state index contributed by atoms with van der Waals surface area (Å²) in [5.74, 6) is 1.16. The molecule has 6 heteroatoms. The minimum Gasteiger partial charge on any atom is -0.383 e. The third-order valence-corrected chi connectivity index (χ3v) is 2.98. The van der Waals surface area contributed by atoms with E-state index in [1.807, 2.05) is 6.92 Å². The van der Waals surface area contributed by atoms with Crippen molar-refractivity contribution in [2.24, 2.45) is 5.73 Å². The summed E-state index contributed by atoms with van der Waals surface area (Å²) in [4.78, 5) is 4.35. The number of ether oxygens (including phenoxy) is 2. The number of rotatable bonds is 5. The number of hydrogen-bond donors (Lipinski definition) is 1. The molecule has 1 aliphatic rings. The van der Waals surface area contributed by atoms with Gasteiger partial charge in [-0.1, -0.05) is 5.16 Å². The number of nitrogens with two attached hydrogens (primary N) is 1. The Hall–Kier alpha value is -0.980. The topological polar surface area (TPSA) is 83.4 Å². The zero-order chi connectivity index (χ0) is 12.3. The van der Waals surface area contributed by atoms with Gasteiger partial charge < -0.3 is 19.7 Å². The van der Waals surface area contributed by atoms with Crippen molar-refractivity contribution in [2.75, 3.05) is 20.3 Å². The number of hydrogen-bond acceptors (Lipinski definition) is 6. The van der Waals surface area contributed by atoms with Crippen LogP contribution in [0.5, 0.6) is 0 Å². The van der Waals surface area contributed by atoms with Crippen LogP contribution in [-0.2, 0) is 21.5 Å². The Morgan fingerprint density at radius 2 is 2.41 bits per heavy atom. The van der Waals surface area contributed by atoms with Gasteiger partial charge in [-0.2, -0.15) is 4.98 Å². The SMILES string of the molecule is COCC(N)Cc1nc(C2(C)CCCO2)no1. The number of aromatic nitrogens is 2. The Balaban J connectivity index is 2.00. The summed E-state index contributed by atoms with van der Waals surface area (Å²) in [7, 11) is 1.62. The predicted octanol–water partition coefficient (Wildman–Crippen LogP) is 0.611. The van der Waals surface area contributed by atoms with E-state index in [-0.39, 0.29) is 6.04 Å². The molecule has 0 aromatic carbocycles. The third kappa shape index (κ3) is 2.83. The molecule has 6 nitrogen and oxygen atoms in total. The highest BCUT2D eigenvalue weighted by Gasteiger charge is 2.36. The van der Waals surface area contributed by atoms with Crippen molar-refractivity contribution in [3.63, 3.8) is 0 Å². The Labute approximate surface area is 100 Å². The monoisotopic (exact) mass is 241 g/mol. The van der Waals surface area contributed by atoms with Crippen molar-refractivity contribution >= 4 is 0 Å². The lowest BCUT2D eigenvalue weighted by Gasteiger charge is -2.17. The van der Waals surface area contributed by atoms with Crippen LogP contribution in [0, 0.1) is 0 Å². The van der Waals surface area contributed by atoms with Gasteiger partial charge in [0.05, 0.1) is 6.61 Å². The molecule has 0 spiro atoms. The fourth-order valence-electron chi connectivity index (χ4n) is 2.01. The van der Waals surface area contributed by atoms with Crippen LogP contribution in [0.4, 0.5) is 0 Å². The molecular weight excluding hydrogens is 222 g/mol. The zero-order valence-corrected chi connectivity index (χ0v) is 10.3. The van der Waals surface area contributed by atoms with E-state index in [1.165, 1.54) is 0 Å². The second-order valence-corrected chi connectivity index (χ2v) is 4.61. The Kier molecular flexibility index (Phi) is 3.76. The van der Waals surface area contributed by atoms with Crippen LogP contribution in [0.25, 0.3) is 0 Å². The van der Waals surface area contributed by atoms with Gasteiger partial charge in [0.15, 0.2) is 0 Å². The summed E-state index contributed by atoms with van der Waals surface area (Å²) in [6.45, 7) is 3.22. The number of nitrogens with zero attached hydrogens (tertiary/aromatic N) is 2. The first kappa shape index (κ1) is 12.5. The molecule has 96 valence electrons. The normalized spacial score (nSPS) is 26.3. The molecule has 2 atom stereocenters. The second kappa shape index (κ2) is 5.12. The van der Waals surface area contributed by atoms with Gasteiger partial charge in [-0.3, -0.25) is 0 Å². The van der Waals surface area contributed by atoms with Crippen molar-refractivity contribution < 1.29 is 14.0 Å². The lowest BCUT2D eigenvalue weighted by Crippen LogP contribution is -2.28. The van der Waals surface area contributed by atoms with E-state index in [0.29, 0.717) is 24.7 Å². The second-order valence-electron chi connectivity index (χ2n) is 4.61. The highest BCUT2D eigenvalue weighted by molar-refractivity contribution is 5.02. The van der Waals surface area contributed by atoms with Gasteiger partial charge >= 0.3 is 0 Å². The summed E-state index contributed by atoms with van der Waals surface area (Å²) in [5, 5.41) is 3.98. The molecule has 0 saturated carbocycles. The lowest BCUT2D eigenvalue weighted by molar-refractivity contribution is 0.00768. The molecule has 1 aromatic rings. The van der Waals surface area contributed by atoms with Gasteiger partial charge in [0.2, 0.25) is 11.7 Å². The average molecular weight is 241 g/mol. The van der Waals surface area contributed by atoms with Gasteiger partial charge in [-0.15, -0.1) is 0 Å². The van der Waals surface area contributed by atoms with Crippen LogP contribution >= 0.6 is 0 Å². The molecule has 0 radical (unpaired) electrons. The molecule has 1 aromatic heterocycles. The zero-order valence-electron chi connectivity index (χ0n) is 10.3. The maximum Gasteiger partial charge on any atom is 0.228 e. The molecular formula is C11H19N3O3. The highest BCUT2D eigenvalue weighted by Crippen LogP contribution is 2.33. The fourth-order valence-corrected chi connectivity index (χ4v) is 2.01. The van der Waals surface area contributed by atoms with Crippen molar-refractivity contribution in [3.8, 4) is 0 Å². The van der Waals surface area contributed by atoms with Crippen LogP contribution in [0.2, 0.25) is 0 Å². The molecule has 0 amide bonds. The maximum absolute atomic E-state index is 5.83. The molecule has 2 rings (SSSR count). The quantitative estimate of drug-likeness (QED) is 0.813. The van der Waals surface area contributed by atoms with E-state index >= 15 is 0 Å². The van der Waals surface area contributed by atoms with E-state index in [4.69, 9.17) is 19.7 Å². The van der Waals surface area contributed by atoms with Crippen LogP contribution in [-0.4, -0.2) is 36.5 Å². The minimum atomic E-state index is -0.396. The van der Waals surface area contributed by atoms with Crippen LogP contribution in [0.3, 0.4) is 0 Å². The Morgan fingerprint density at radius 1 is 1.59 bits per heavy atom. The molecule has 1 aliphatic heterocycles. The molecule has 17 heavy (non-hydrogen) atoms. The third-order valence-electron chi connectivity index (χ3n) is 2.98. The van der Waals surface area contributed by atoms with Crippen molar-refractivity contribution in [2.45, 2.75) is 37.8 Å². The predicted molar refractivity (Wildman–Crippen MR) is 60.4 cm³/mol. The van der Waals surface area contributed by atoms with E-state index in [1.54, 1.807) is 7.11 Å². The molecule has 1 fully saturated rings. The van der Waals surface area contributed by atoms with Gasteiger partial charge in [0.25, 0.3) is 0 Å². The first-order valence-electron chi connectivity index (χ1n) is 5.85. The smallest absolute Gasteiger partial charge is 0.228 e. The van der Waals surface area contributed by atoms with Gasteiger partial charge in [0, 0.05) is 26.2 Å². The molecule has 2 unspecified atom stereocenters. The summed E-state index contributed by atoms with van der Waals surface area (Å²) in [6.07, 6.45) is 2.48. The van der Waals surface area contributed by atoms with Crippen molar-refractivity contribution in [3.05, 3.63) is 11.7 Å². The molecule has 2 N–H and O–H groups in total. The number of methoxy groups -OCH3 is 1. The van der Waals surface area contributed by atoms with Gasteiger partial charge in [0.1, 0.15) is 5.60 Å². The van der Waals surface area contributed by atoms with Crippen LogP contribution in [0.1, 0.15) is 31.5 Å². The summed E-state index contributed by atoms with van der Waals surface area (Å²) >= 11 is 0. The fraction of sp³-hybridized carbons (Fsp3) is 0.818. The van der Waals surface area contributed by atoms with E-state index in [0.717, 1.165) is 19.4 Å². The highest BCUT2D eigenvalue weighted by atomic mass is 16.5. The van der Waals surface area contributed by atoms with Crippen molar-refractivity contribution in [1.82, 2.24) is 10.1 Å². The van der Waals surface area contributed by atoms with Gasteiger partial charge in [-0.05, 0) is 19.8 Å². The van der Waals surface area contributed by atoms with Crippen LogP contribution in [0.15, 0.2) is 4.52 Å². The molecule has 1 saturated heterocycles. The summed E-state index contributed by atoms with van der Waals surface area (Å²) < 4.78 is 15.8. The largest absolute Gasteiger partial charge is 0.383 e. The van der Waals surface area contributed by atoms with Gasteiger partial charge in [-0.25, -0.2) is 0 Å². The molecule has 0 bridgehead atoms. The lowest BCUT2D eigenvalue weighted by atomic mass is 10.0. The summed E-state index contributed by atoms with van der Waals surface area (Å²) in [6, 6.07) is -0.120. The van der Waals surface area contributed by atoms with E-state index in [2.05, 4.69) is 10.1 Å². The maximum atomic E-state index is 5.83. The Morgan fingerprint density at radius 3 is 3.06 bits per heavy atom. The molecule has 0 aliphatic carbocycles.